The third kappa shape index (κ3) is 13.2. The van der Waals surface area contributed by atoms with E-state index in [1.165, 1.54) is 206 Å². The number of allylic oxidation sites excluding steroid dienone is 10. The van der Waals surface area contributed by atoms with Crippen molar-refractivity contribution in [1.29, 1.82) is 0 Å². The second kappa shape index (κ2) is 30.5. The van der Waals surface area contributed by atoms with Crippen molar-refractivity contribution >= 4 is 76.0 Å². The molecule has 2 heterocycles. The molecule has 17 fully saturated rings. The number of thioether (sulfide) groups is 4. The highest BCUT2D eigenvalue weighted by Gasteiger charge is 2.66. The Kier molecular flexibility index (Phi) is 22.2. The van der Waals surface area contributed by atoms with Crippen molar-refractivity contribution in [2.75, 3.05) is 23.0 Å². The minimum Gasteiger partial charge on any atom is -0.389 e. The van der Waals surface area contributed by atoms with Gasteiger partial charge in [0.2, 0.25) is 0 Å². The van der Waals surface area contributed by atoms with E-state index in [9.17, 15) is 29.1 Å². The SMILES string of the molecule is C/C=C1/CCC2C3CCC4=CC(=O)CC[C@]4(C)C3CC[C@]12C.C/C=C1/CCC2C3CCC4=CC5(CC[C@]4(C)C3CC[C@]12C)SCCS5.C/C=C1/[C@H](O)CC2C3CCC4=CC(=O)CC[C@]4(C)C3CC[C@]12C.C[C@]12CCC(=O)C=C1CCC1C2CC[C@]2(C)C(=O)CCC12.C[C@]12CCC3(C=C1CCC1C2CC[C@]2(C)C(=O)CCC12)SCCS3. The lowest BCUT2D eigenvalue weighted by Gasteiger charge is -2.58. The van der Waals surface area contributed by atoms with Gasteiger partial charge >= 0.3 is 0 Å². The predicted molar refractivity (Wildman–Crippen MR) is 482 cm³/mol. The van der Waals surface area contributed by atoms with Gasteiger partial charge in [0, 0.05) is 65.9 Å². The van der Waals surface area contributed by atoms with E-state index in [2.05, 4.69) is 167 Å². The molecule has 2 saturated heterocycles. The Balaban J connectivity index is 0.0000000998. The van der Waals surface area contributed by atoms with Crippen LogP contribution >= 0.6 is 47.0 Å². The van der Waals surface area contributed by atoms with E-state index in [4.69, 9.17) is 0 Å². The van der Waals surface area contributed by atoms with Gasteiger partial charge < -0.3 is 5.11 Å². The van der Waals surface area contributed by atoms with Gasteiger partial charge in [0.05, 0.1) is 14.3 Å². The summed E-state index contributed by atoms with van der Waals surface area (Å²) in [7, 11) is 0. The fourth-order valence-electron chi connectivity index (χ4n) is 35.0. The number of fused-ring (bicyclic) bond motifs is 25. The second-order valence-electron chi connectivity index (χ2n) is 45.3. The number of ketones is 5. The van der Waals surface area contributed by atoms with Crippen LogP contribution in [0.3, 0.4) is 0 Å². The number of Topliss-reactive ketones (excluding diaryl/α,β-unsaturated/α-hetero) is 2. The molecular formula is C105H150O6S4. The van der Waals surface area contributed by atoms with Crippen LogP contribution in [0.15, 0.2) is 93.2 Å². The lowest BCUT2D eigenvalue weighted by molar-refractivity contribution is -0.133. The zero-order valence-corrected chi connectivity index (χ0v) is 77.1. The molecule has 0 radical (unpaired) electrons. The van der Waals surface area contributed by atoms with Gasteiger partial charge in [0.1, 0.15) is 11.6 Å². The van der Waals surface area contributed by atoms with Crippen LogP contribution in [0.4, 0.5) is 0 Å². The zero-order valence-electron chi connectivity index (χ0n) is 73.9. The summed E-state index contributed by atoms with van der Waals surface area (Å²) in [6.45, 7) is 31.3. The normalized spacial score (nSPS) is 49.8. The average molecular weight is 1640 g/mol. The summed E-state index contributed by atoms with van der Waals surface area (Å²) in [6.07, 6.45) is 65.4. The first kappa shape index (κ1) is 83.5. The molecule has 0 aromatic rings. The van der Waals surface area contributed by atoms with E-state index < -0.39 is 0 Å². The third-order valence-corrected chi connectivity index (χ3v) is 48.5. The van der Waals surface area contributed by atoms with Gasteiger partial charge in [-0.1, -0.05) is 139 Å². The van der Waals surface area contributed by atoms with Gasteiger partial charge in [0.25, 0.3) is 0 Å². The smallest absolute Gasteiger partial charge is 0.155 e. The van der Waals surface area contributed by atoms with Gasteiger partial charge in [-0.3, -0.25) is 24.0 Å². The molecule has 1 N–H and O–H groups in total. The summed E-state index contributed by atoms with van der Waals surface area (Å²) in [5, 5.41) is 10.6. The molecule has 22 rings (SSSR count). The zero-order chi connectivity index (χ0) is 80.6. The van der Waals surface area contributed by atoms with Crippen molar-refractivity contribution in [1.82, 2.24) is 0 Å². The molecule has 15 unspecified atom stereocenters. The largest absolute Gasteiger partial charge is 0.389 e. The van der Waals surface area contributed by atoms with E-state index in [1.807, 2.05) is 23.8 Å². The molecule has 20 aliphatic carbocycles. The van der Waals surface area contributed by atoms with Crippen LogP contribution in [-0.4, -0.2) is 71.3 Å². The van der Waals surface area contributed by atoms with Crippen molar-refractivity contribution in [3.63, 3.8) is 0 Å². The molecule has 2 aliphatic heterocycles. The van der Waals surface area contributed by atoms with Crippen LogP contribution in [0.25, 0.3) is 0 Å². The Labute approximate surface area is 713 Å². The summed E-state index contributed by atoms with van der Waals surface area (Å²) in [6, 6.07) is 0. The second-order valence-corrected chi connectivity index (χ2v) is 51.6. The molecule has 0 amide bonds. The van der Waals surface area contributed by atoms with E-state index in [0.29, 0.717) is 99.7 Å². The lowest BCUT2D eigenvalue weighted by atomic mass is 9.47. The van der Waals surface area contributed by atoms with Crippen LogP contribution in [0.2, 0.25) is 0 Å². The summed E-state index contributed by atoms with van der Waals surface area (Å²) < 4.78 is 0.893. The fraction of sp³-hybridized carbons (Fsp3) is 0.800. The quantitative estimate of drug-likeness (QED) is 0.236. The van der Waals surface area contributed by atoms with E-state index in [-0.39, 0.29) is 33.2 Å². The number of aliphatic hydroxyl groups is 1. The van der Waals surface area contributed by atoms with E-state index in [1.54, 1.807) is 16.7 Å². The topological polar surface area (TPSA) is 106 Å². The van der Waals surface area contributed by atoms with Crippen molar-refractivity contribution in [3.05, 3.63) is 93.2 Å². The van der Waals surface area contributed by atoms with E-state index in [0.717, 1.165) is 143 Å². The van der Waals surface area contributed by atoms with Gasteiger partial charge in [-0.25, -0.2) is 0 Å². The van der Waals surface area contributed by atoms with Crippen LogP contribution in [-0.2, 0) is 24.0 Å². The number of aliphatic hydroxyl groups excluding tert-OH is 1. The average Bonchev–Trinajstić information content (AvgIpc) is 1.70. The summed E-state index contributed by atoms with van der Waals surface area (Å²) in [5.74, 6) is 19.5. The number of hydrogen-bond donors (Lipinski definition) is 1. The summed E-state index contributed by atoms with van der Waals surface area (Å²) >= 11 is 8.91. The van der Waals surface area contributed by atoms with Gasteiger partial charge in [0.15, 0.2) is 17.3 Å². The minimum atomic E-state index is -0.230. The molecule has 630 valence electrons. The first-order valence-corrected chi connectivity index (χ1v) is 52.2. The van der Waals surface area contributed by atoms with Crippen molar-refractivity contribution in [2.24, 2.45) is 143 Å². The van der Waals surface area contributed by atoms with Crippen LogP contribution < -0.4 is 0 Å². The number of rotatable bonds is 0. The van der Waals surface area contributed by atoms with Crippen molar-refractivity contribution in [2.45, 2.75) is 355 Å². The maximum absolute atomic E-state index is 12.5. The predicted octanol–water partition coefficient (Wildman–Crippen LogP) is 26.8. The van der Waals surface area contributed by atoms with Gasteiger partial charge in [-0.15, -0.1) is 47.0 Å². The van der Waals surface area contributed by atoms with Crippen LogP contribution in [0.1, 0.15) is 340 Å². The Bertz CT molecular complexity index is 4170. The molecule has 115 heavy (non-hydrogen) atoms. The molecule has 2 spiro atoms. The summed E-state index contributed by atoms with van der Waals surface area (Å²) in [5.41, 5.74) is 15.9. The highest BCUT2D eigenvalue weighted by molar-refractivity contribution is 8.22. The molecule has 26 atom stereocenters. The fourth-order valence-corrected chi connectivity index (χ4v) is 41.3. The molecule has 6 nitrogen and oxygen atoms in total. The van der Waals surface area contributed by atoms with Crippen LogP contribution in [0.5, 0.6) is 0 Å². The first-order chi connectivity index (χ1) is 54.8. The lowest BCUT2D eigenvalue weighted by Crippen LogP contribution is -2.51. The van der Waals surface area contributed by atoms with Gasteiger partial charge in [-0.05, 0) is 395 Å². The van der Waals surface area contributed by atoms with Gasteiger partial charge in [-0.2, -0.15) is 0 Å². The van der Waals surface area contributed by atoms with Crippen molar-refractivity contribution in [3.8, 4) is 0 Å². The highest BCUT2D eigenvalue weighted by Crippen LogP contribution is 2.74. The molecule has 0 aromatic carbocycles. The first-order valence-electron chi connectivity index (χ1n) is 48.3. The Morgan fingerprint density at radius 3 is 0.913 bits per heavy atom. The molecule has 0 bridgehead atoms. The molecule has 22 aliphatic rings. The minimum absolute atomic E-state index is 0.0246. The number of hydrogen-bond acceptors (Lipinski definition) is 10. The number of carbonyl (C=O) groups excluding carboxylic acids is 5. The highest BCUT2D eigenvalue weighted by atomic mass is 32.2. The number of carbonyl (C=O) groups is 5. The molecule has 0 aromatic heterocycles. The Morgan fingerprint density at radius 1 is 0.287 bits per heavy atom. The maximum Gasteiger partial charge on any atom is 0.155 e. The van der Waals surface area contributed by atoms with Crippen LogP contribution in [0, 0.1) is 143 Å². The Morgan fingerprint density at radius 2 is 0.574 bits per heavy atom. The Hall–Kier alpha value is -2.37. The monoisotopic (exact) mass is 1640 g/mol. The van der Waals surface area contributed by atoms with Crippen molar-refractivity contribution < 1.29 is 29.1 Å². The summed E-state index contributed by atoms with van der Waals surface area (Å²) in [4.78, 5) is 60.4. The molecular weight excluding hydrogens is 1490 g/mol. The third-order valence-electron chi connectivity index (χ3n) is 41.7. The standard InChI is InChI=1S/C23H34S2.C21H30O2.C21H30OS2.C21H30O.C19H26O2/c1-4-16-6-8-19-18-7-5-17-15-23(24-13-14-25-23)12-11-22(17,3)20(18)9-10-21(16,19)2;1-4-16-19(23)12-18-15-6-5-13-11-14(22)7-9-20(13,2)17(15)8-10-21(16,18)3;1-19-9-10-21(23-11-12-24-21)13-14(19)3-4-15-16-5-6-18(22)20(16,2)8-7-17(15)19;1-4-14-6-8-18-17-7-5-15-13-16(22)9-11-21(15,3)19(17)10-12-20(14,18)2;1-18-9-7-13(20)11-12(18)3-4-14-15-5-6-17(21)19(15,2)10-8-16(14)18/h4,15,18-20H,5-14H2,1-3H3;4,11,15,17-19,23H,5-10,12H2,1-3H3;13,15-17H,3-12H2,1-2H3;4,13,17-19H,5-12H2,1-3H3;11,14-16H,3-10H2,1-2H3/b2*16-4-;;14-4-;/t18?,19?,20?,21-,22+;15?,17?,18?,19-,20+,21-;15?,16?,17?,19-,20-;17?,18?,19?,20-,21+;14?,15?,16?,18-,19-/m11010/s1. The molecule has 15 saturated carbocycles. The van der Waals surface area contributed by atoms with E-state index >= 15 is 0 Å². The molecule has 10 heteroatoms. The maximum atomic E-state index is 12.5.